The summed E-state index contributed by atoms with van der Waals surface area (Å²) in [5.74, 6) is 0. The summed E-state index contributed by atoms with van der Waals surface area (Å²) in [4.78, 5) is 0. The topological polar surface area (TPSA) is 26.0 Å². The third-order valence-corrected chi connectivity index (χ3v) is 2.29. The van der Waals surface area contributed by atoms with Crippen LogP contribution in [0.4, 0.5) is 5.69 Å². The second-order valence-corrected chi connectivity index (χ2v) is 3.17. The molecule has 1 aromatic carbocycles. The van der Waals surface area contributed by atoms with E-state index in [2.05, 4.69) is 19.6 Å². The van der Waals surface area contributed by atoms with Crippen molar-refractivity contribution in [2.75, 3.05) is 5.73 Å². The van der Waals surface area contributed by atoms with Crippen molar-refractivity contribution in [2.45, 2.75) is 20.8 Å². The second-order valence-electron chi connectivity index (χ2n) is 3.17. The number of aryl methyl sites for hydroxylation is 2. The summed E-state index contributed by atoms with van der Waals surface area (Å²) in [5, 5.41) is 0. The predicted octanol–water partition coefficient (Wildman–Crippen LogP) is 2.84. The molecule has 0 aromatic heterocycles. The van der Waals surface area contributed by atoms with Gasteiger partial charge in [0.1, 0.15) is 0 Å². The molecule has 12 heavy (non-hydrogen) atoms. The van der Waals surface area contributed by atoms with Crippen LogP contribution in [-0.2, 0) is 0 Å². The van der Waals surface area contributed by atoms with E-state index in [9.17, 15) is 0 Å². The zero-order chi connectivity index (χ0) is 9.30. The molecule has 1 aromatic rings. The summed E-state index contributed by atoms with van der Waals surface area (Å²) in [6, 6.07) is 2.10. The zero-order valence-electron chi connectivity index (χ0n) is 7.94. The van der Waals surface area contributed by atoms with Crippen LogP contribution in [0.2, 0.25) is 0 Å². The van der Waals surface area contributed by atoms with Gasteiger partial charge in [-0.2, -0.15) is 0 Å². The zero-order valence-corrected chi connectivity index (χ0v) is 7.94. The van der Waals surface area contributed by atoms with E-state index >= 15 is 0 Å². The SMILES string of the molecule is C=Cc1c(C)cc(C)c(N)c1C. The Morgan fingerprint density at radius 2 is 1.83 bits per heavy atom. The van der Waals surface area contributed by atoms with Gasteiger partial charge in [0.25, 0.3) is 0 Å². The number of rotatable bonds is 1. The molecule has 0 atom stereocenters. The lowest BCUT2D eigenvalue weighted by Gasteiger charge is -2.10. The van der Waals surface area contributed by atoms with Crippen molar-refractivity contribution >= 4 is 11.8 Å². The fraction of sp³-hybridized carbons (Fsp3) is 0.273. The molecule has 1 heteroatoms. The average Bonchev–Trinajstić information content (AvgIpc) is 2.01. The maximum Gasteiger partial charge on any atom is 0.0379 e. The maximum absolute atomic E-state index is 5.88. The Balaban J connectivity index is 3.51. The molecule has 0 saturated heterocycles. The number of hydrogen-bond acceptors (Lipinski definition) is 1. The van der Waals surface area contributed by atoms with Crippen molar-refractivity contribution in [3.63, 3.8) is 0 Å². The van der Waals surface area contributed by atoms with E-state index in [0.717, 1.165) is 22.4 Å². The molecule has 1 nitrogen and oxygen atoms in total. The van der Waals surface area contributed by atoms with E-state index < -0.39 is 0 Å². The molecule has 0 aliphatic rings. The Morgan fingerprint density at radius 1 is 1.25 bits per heavy atom. The molecule has 0 radical (unpaired) electrons. The number of nitrogen functional groups attached to an aromatic ring is 1. The summed E-state index contributed by atoms with van der Waals surface area (Å²) in [6.07, 6.45) is 1.86. The normalized spacial score (nSPS) is 9.92. The monoisotopic (exact) mass is 161 g/mol. The lowest BCUT2D eigenvalue weighted by atomic mass is 9.98. The highest BCUT2D eigenvalue weighted by molar-refractivity contribution is 5.67. The molecule has 0 amide bonds. The lowest BCUT2D eigenvalue weighted by Crippen LogP contribution is -1.97. The predicted molar refractivity (Wildman–Crippen MR) is 55.2 cm³/mol. The Labute approximate surface area is 73.9 Å². The van der Waals surface area contributed by atoms with Crippen LogP contribution in [0.3, 0.4) is 0 Å². The molecule has 2 N–H and O–H groups in total. The van der Waals surface area contributed by atoms with Crippen LogP contribution in [0.15, 0.2) is 12.6 Å². The maximum atomic E-state index is 5.88. The second kappa shape index (κ2) is 3.02. The van der Waals surface area contributed by atoms with E-state index in [4.69, 9.17) is 5.73 Å². The summed E-state index contributed by atoms with van der Waals surface area (Å²) >= 11 is 0. The fourth-order valence-electron chi connectivity index (χ4n) is 1.53. The van der Waals surface area contributed by atoms with Gasteiger partial charge in [0, 0.05) is 5.69 Å². The number of benzene rings is 1. The minimum atomic E-state index is 0.885. The van der Waals surface area contributed by atoms with Crippen molar-refractivity contribution in [3.8, 4) is 0 Å². The third-order valence-electron chi connectivity index (χ3n) is 2.29. The molecule has 1 rings (SSSR count). The van der Waals surface area contributed by atoms with Crippen molar-refractivity contribution in [3.05, 3.63) is 34.9 Å². The molecule has 0 unspecified atom stereocenters. The number of anilines is 1. The Hall–Kier alpha value is -1.24. The molecule has 0 heterocycles. The highest BCUT2D eigenvalue weighted by Gasteiger charge is 2.04. The van der Waals surface area contributed by atoms with Gasteiger partial charge in [0.05, 0.1) is 0 Å². The highest BCUT2D eigenvalue weighted by atomic mass is 14.6. The summed E-state index contributed by atoms with van der Waals surface area (Å²) in [7, 11) is 0. The van der Waals surface area contributed by atoms with Gasteiger partial charge >= 0.3 is 0 Å². The van der Waals surface area contributed by atoms with Gasteiger partial charge in [-0.15, -0.1) is 0 Å². The quantitative estimate of drug-likeness (QED) is 0.630. The van der Waals surface area contributed by atoms with Crippen molar-refractivity contribution in [2.24, 2.45) is 0 Å². The first-order valence-electron chi connectivity index (χ1n) is 4.06. The van der Waals surface area contributed by atoms with Crippen LogP contribution in [-0.4, -0.2) is 0 Å². The first kappa shape index (κ1) is 8.85. The highest BCUT2D eigenvalue weighted by Crippen LogP contribution is 2.24. The van der Waals surface area contributed by atoms with Gasteiger partial charge in [-0.25, -0.2) is 0 Å². The van der Waals surface area contributed by atoms with Crippen molar-refractivity contribution in [1.29, 1.82) is 0 Å². The molecule has 0 spiro atoms. The van der Waals surface area contributed by atoms with Crippen LogP contribution in [0.25, 0.3) is 6.08 Å². The molecule has 0 aliphatic carbocycles. The van der Waals surface area contributed by atoms with Gasteiger partial charge in [-0.3, -0.25) is 0 Å². The van der Waals surface area contributed by atoms with Gasteiger partial charge in [-0.05, 0) is 43.0 Å². The smallest absolute Gasteiger partial charge is 0.0379 e. The minimum absolute atomic E-state index is 0.885. The molecule has 0 saturated carbocycles. The Kier molecular flexibility index (Phi) is 2.22. The van der Waals surface area contributed by atoms with Crippen LogP contribution >= 0.6 is 0 Å². The van der Waals surface area contributed by atoms with Gasteiger partial charge < -0.3 is 5.73 Å². The number of hydrogen-bond donors (Lipinski definition) is 1. The van der Waals surface area contributed by atoms with Gasteiger partial charge in [0.2, 0.25) is 0 Å². The van der Waals surface area contributed by atoms with E-state index in [1.54, 1.807) is 0 Å². The Morgan fingerprint density at radius 3 is 2.33 bits per heavy atom. The van der Waals surface area contributed by atoms with Crippen LogP contribution in [0, 0.1) is 20.8 Å². The summed E-state index contributed by atoms with van der Waals surface area (Å²) in [6.45, 7) is 9.91. The van der Waals surface area contributed by atoms with E-state index in [0.29, 0.717) is 0 Å². The van der Waals surface area contributed by atoms with Crippen LogP contribution < -0.4 is 5.73 Å². The van der Waals surface area contributed by atoms with E-state index in [-0.39, 0.29) is 0 Å². The molecule has 0 bridgehead atoms. The van der Waals surface area contributed by atoms with Crippen LogP contribution in [0.5, 0.6) is 0 Å². The minimum Gasteiger partial charge on any atom is -0.398 e. The molecular weight excluding hydrogens is 146 g/mol. The first-order chi connectivity index (χ1) is 5.57. The molecular formula is C11H15N. The molecule has 0 aliphatic heterocycles. The van der Waals surface area contributed by atoms with E-state index in [1.807, 2.05) is 19.9 Å². The first-order valence-corrected chi connectivity index (χ1v) is 4.06. The third kappa shape index (κ3) is 1.22. The molecule has 0 fully saturated rings. The van der Waals surface area contributed by atoms with Gasteiger partial charge in [0.15, 0.2) is 0 Å². The van der Waals surface area contributed by atoms with Crippen molar-refractivity contribution in [1.82, 2.24) is 0 Å². The number of nitrogens with two attached hydrogens (primary N) is 1. The molecule has 64 valence electrons. The van der Waals surface area contributed by atoms with Crippen molar-refractivity contribution < 1.29 is 0 Å². The van der Waals surface area contributed by atoms with Crippen LogP contribution in [0.1, 0.15) is 22.3 Å². The Bertz CT molecular complexity index is 324. The average molecular weight is 161 g/mol. The van der Waals surface area contributed by atoms with Gasteiger partial charge in [-0.1, -0.05) is 18.7 Å². The van der Waals surface area contributed by atoms with E-state index in [1.165, 1.54) is 5.56 Å². The fourth-order valence-corrected chi connectivity index (χ4v) is 1.53. The standard InChI is InChI=1S/C11H15N/c1-5-10-7(2)6-8(3)11(12)9(10)4/h5-6H,1,12H2,2-4H3. The lowest BCUT2D eigenvalue weighted by molar-refractivity contribution is 1.31. The summed E-state index contributed by atoms with van der Waals surface area (Å²) < 4.78 is 0. The summed E-state index contributed by atoms with van der Waals surface area (Å²) in [5.41, 5.74) is 11.5. The largest absolute Gasteiger partial charge is 0.398 e.